The highest BCUT2D eigenvalue weighted by Crippen LogP contribution is 2.44. The maximum atomic E-state index is 10.3. The highest BCUT2D eigenvalue weighted by Gasteiger charge is 2.22. The number of fused-ring (bicyclic) bond motifs is 6. The number of benzene rings is 8. The lowest BCUT2D eigenvalue weighted by Gasteiger charge is -2.25. The fraction of sp³-hybridized carbons (Fsp3) is 0. The molecule has 0 saturated heterocycles. The van der Waals surface area contributed by atoms with Crippen molar-refractivity contribution >= 4 is 66.4 Å². The van der Waals surface area contributed by atoms with Crippen molar-refractivity contribution in [3.8, 4) is 28.6 Å². The van der Waals surface area contributed by atoms with E-state index >= 15 is 0 Å². The molecule has 0 aliphatic carbocycles. The summed E-state index contributed by atoms with van der Waals surface area (Å²) < 4.78 is 4.49. The van der Waals surface area contributed by atoms with Gasteiger partial charge in [-0.05, 0) is 96.1 Å². The molecule has 0 unspecified atom stereocenters. The van der Waals surface area contributed by atoms with E-state index in [0.29, 0.717) is 16.9 Å². The van der Waals surface area contributed by atoms with Crippen LogP contribution < -0.4 is 4.90 Å². The smallest absolute Gasteiger partial charge is 0.189 e. The lowest BCUT2D eigenvalue weighted by molar-refractivity contribution is 1.17. The lowest BCUT2D eigenvalue weighted by Crippen LogP contribution is -2.09. The first-order chi connectivity index (χ1) is 27.2. The molecule has 0 spiro atoms. The highest BCUT2D eigenvalue weighted by molar-refractivity contribution is 6.18. The molecule has 2 heterocycles. The van der Waals surface area contributed by atoms with Gasteiger partial charge in [0, 0.05) is 44.3 Å². The third-order valence-corrected chi connectivity index (χ3v) is 10.5. The SMILES string of the molecule is [C-]#[N+]c1ccc(C#N)c(-n2c3ccc(N(c4ccccc4)c4ccccc4)cc3c3c(-c4ccc5c(c4)c4ccccc4n5-c4ccccc4)cccc32)c1. The standard InChI is InChI=1S/C50H31N5/c1-52-36-26-24-35(33-51)49(31-36)55-47-29-27-40(53(37-14-5-2-6-15-37)38-16-7-3-8-17-38)32-44(47)50-41(21-13-23-48(50)55)34-25-28-46-43(30-34)42-20-11-12-22-45(42)54(46)39-18-9-4-10-19-39/h2-32H. The number of hydrogen-bond donors (Lipinski definition) is 0. The predicted molar refractivity (Wildman–Crippen MR) is 226 cm³/mol. The maximum absolute atomic E-state index is 10.3. The molecule has 0 aliphatic heterocycles. The Morgan fingerprint density at radius 1 is 0.491 bits per heavy atom. The summed E-state index contributed by atoms with van der Waals surface area (Å²) in [6.45, 7) is 7.81. The molecule has 0 atom stereocenters. The first-order valence-electron chi connectivity index (χ1n) is 18.2. The summed E-state index contributed by atoms with van der Waals surface area (Å²) in [7, 11) is 0. The number of nitriles is 1. The van der Waals surface area contributed by atoms with Gasteiger partial charge in [-0.2, -0.15) is 5.26 Å². The molecule has 0 fully saturated rings. The Kier molecular flexibility index (Phi) is 7.51. The third kappa shape index (κ3) is 5.15. The van der Waals surface area contributed by atoms with E-state index in [2.05, 4.69) is 183 Å². The van der Waals surface area contributed by atoms with Gasteiger partial charge in [0.2, 0.25) is 0 Å². The van der Waals surface area contributed by atoms with Crippen LogP contribution in [0.3, 0.4) is 0 Å². The van der Waals surface area contributed by atoms with Crippen molar-refractivity contribution in [3.63, 3.8) is 0 Å². The minimum atomic E-state index is 0.483. The van der Waals surface area contributed by atoms with E-state index in [0.717, 1.165) is 66.7 Å². The molecule has 0 saturated carbocycles. The van der Waals surface area contributed by atoms with Crippen molar-refractivity contribution in [2.45, 2.75) is 0 Å². The van der Waals surface area contributed by atoms with E-state index < -0.39 is 0 Å². The van der Waals surface area contributed by atoms with Gasteiger partial charge in [-0.15, -0.1) is 0 Å². The monoisotopic (exact) mass is 701 g/mol. The average Bonchev–Trinajstić information content (AvgIpc) is 3.77. The van der Waals surface area contributed by atoms with Crippen molar-refractivity contribution in [1.82, 2.24) is 9.13 Å². The zero-order chi connectivity index (χ0) is 36.9. The quantitative estimate of drug-likeness (QED) is 0.162. The number of nitrogens with zero attached hydrogens (tertiary/aromatic N) is 5. The van der Waals surface area contributed by atoms with Crippen LogP contribution in [0, 0.1) is 17.9 Å². The van der Waals surface area contributed by atoms with Crippen LogP contribution >= 0.6 is 0 Å². The summed E-state index contributed by atoms with van der Waals surface area (Å²) in [5.41, 5.74) is 12.3. The molecular formula is C50H31N5. The first kappa shape index (κ1) is 31.8. The number of hydrogen-bond acceptors (Lipinski definition) is 2. The van der Waals surface area contributed by atoms with Crippen LogP contribution in [0.4, 0.5) is 22.7 Å². The summed E-state index contributed by atoms with van der Waals surface area (Å²) in [4.78, 5) is 6.02. The van der Waals surface area contributed by atoms with Crippen molar-refractivity contribution in [1.29, 1.82) is 5.26 Å². The van der Waals surface area contributed by atoms with E-state index in [-0.39, 0.29) is 0 Å². The number of rotatable bonds is 6. The zero-order valence-corrected chi connectivity index (χ0v) is 29.6. The average molecular weight is 702 g/mol. The van der Waals surface area contributed by atoms with Crippen molar-refractivity contribution < 1.29 is 0 Å². The van der Waals surface area contributed by atoms with Crippen LogP contribution in [0.5, 0.6) is 0 Å². The maximum Gasteiger partial charge on any atom is 0.189 e. The predicted octanol–water partition coefficient (Wildman–Crippen LogP) is 13.4. The Hall–Kier alpha value is -7.86. The Morgan fingerprint density at radius 3 is 1.85 bits per heavy atom. The van der Waals surface area contributed by atoms with Gasteiger partial charge in [-0.1, -0.05) is 103 Å². The summed E-state index contributed by atoms with van der Waals surface area (Å²) in [6.07, 6.45) is 0. The van der Waals surface area contributed by atoms with E-state index in [4.69, 9.17) is 6.57 Å². The second-order valence-corrected chi connectivity index (χ2v) is 13.6. The molecule has 5 nitrogen and oxygen atoms in total. The number of anilines is 3. The number of aromatic nitrogens is 2. The Balaban J connectivity index is 1.28. The van der Waals surface area contributed by atoms with Gasteiger partial charge in [-0.25, -0.2) is 4.85 Å². The van der Waals surface area contributed by atoms with E-state index in [1.807, 2.05) is 18.2 Å². The summed E-state index contributed by atoms with van der Waals surface area (Å²) in [5, 5.41) is 14.8. The normalized spacial score (nSPS) is 11.2. The van der Waals surface area contributed by atoms with Crippen molar-refractivity contribution in [3.05, 3.63) is 205 Å². The molecule has 10 rings (SSSR count). The molecule has 0 radical (unpaired) electrons. The molecule has 0 bridgehead atoms. The lowest BCUT2D eigenvalue weighted by atomic mass is 9.97. The first-order valence-corrected chi connectivity index (χ1v) is 18.2. The number of para-hydroxylation sites is 4. The highest BCUT2D eigenvalue weighted by atomic mass is 15.1. The summed E-state index contributed by atoms with van der Waals surface area (Å²) in [5.74, 6) is 0. The molecule has 0 amide bonds. The minimum Gasteiger partial charge on any atom is -0.310 e. The molecule has 256 valence electrons. The van der Waals surface area contributed by atoms with Crippen LogP contribution in [-0.4, -0.2) is 9.13 Å². The Bertz CT molecular complexity index is 3120. The van der Waals surface area contributed by atoms with Gasteiger partial charge in [-0.3, -0.25) is 0 Å². The molecule has 2 aromatic heterocycles. The van der Waals surface area contributed by atoms with E-state index in [1.165, 1.54) is 10.8 Å². The van der Waals surface area contributed by atoms with Gasteiger partial charge in [0.25, 0.3) is 0 Å². The fourth-order valence-electron chi connectivity index (χ4n) is 8.16. The molecule has 8 aromatic carbocycles. The van der Waals surface area contributed by atoms with Crippen LogP contribution in [0.25, 0.3) is 71.0 Å². The van der Waals surface area contributed by atoms with E-state index in [1.54, 1.807) is 12.1 Å². The molecule has 0 N–H and O–H groups in total. The largest absolute Gasteiger partial charge is 0.310 e. The van der Waals surface area contributed by atoms with Gasteiger partial charge in [0.1, 0.15) is 6.07 Å². The van der Waals surface area contributed by atoms with Crippen LogP contribution in [0.15, 0.2) is 188 Å². The zero-order valence-electron chi connectivity index (χ0n) is 29.6. The minimum absolute atomic E-state index is 0.483. The van der Waals surface area contributed by atoms with Gasteiger partial charge < -0.3 is 14.0 Å². The van der Waals surface area contributed by atoms with Crippen LogP contribution in [0.1, 0.15) is 5.56 Å². The summed E-state index contributed by atoms with van der Waals surface area (Å²) >= 11 is 0. The fourth-order valence-corrected chi connectivity index (χ4v) is 8.16. The Morgan fingerprint density at radius 2 is 1.13 bits per heavy atom. The van der Waals surface area contributed by atoms with E-state index in [9.17, 15) is 5.26 Å². The second kappa shape index (κ2) is 13.0. The van der Waals surface area contributed by atoms with Crippen molar-refractivity contribution in [2.24, 2.45) is 0 Å². The topological polar surface area (TPSA) is 41.2 Å². The molecule has 5 heteroatoms. The Labute approximate surface area is 318 Å². The molecular weight excluding hydrogens is 671 g/mol. The van der Waals surface area contributed by atoms with Crippen LogP contribution in [-0.2, 0) is 0 Å². The van der Waals surface area contributed by atoms with Gasteiger partial charge in [0.05, 0.1) is 39.9 Å². The molecule has 0 aliphatic rings. The molecule has 10 aromatic rings. The third-order valence-electron chi connectivity index (χ3n) is 10.5. The second-order valence-electron chi connectivity index (χ2n) is 13.6. The van der Waals surface area contributed by atoms with Gasteiger partial charge >= 0.3 is 0 Å². The van der Waals surface area contributed by atoms with Crippen molar-refractivity contribution in [2.75, 3.05) is 4.90 Å². The van der Waals surface area contributed by atoms with Crippen LogP contribution in [0.2, 0.25) is 0 Å². The van der Waals surface area contributed by atoms with Gasteiger partial charge in [0.15, 0.2) is 5.69 Å². The molecule has 55 heavy (non-hydrogen) atoms. The summed E-state index contributed by atoms with van der Waals surface area (Å²) in [6, 6.07) is 67.4.